The van der Waals surface area contributed by atoms with Crippen molar-refractivity contribution in [1.82, 2.24) is 10.3 Å². The largest absolute Gasteiger partial charge is 0.351 e. The molecule has 4 unspecified atom stereocenters. The lowest BCUT2D eigenvalue weighted by molar-refractivity contribution is 0.337. The minimum Gasteiger partial charge on any atom is -0.351 e. The summed E-state index contributed by atoms with van der Waals surface area (Å²) in [7, 11) is 2.21. The van der Waals surface area contributed by atoms with Crippen LogP contribution in [0, 0.1) is 17.8 Å². The first-order valence-corrected chi connectivity index (χ1v) is 8.95. The number of anilines is 1. The summed E-state index contributed by atoms with van der Waals surface area (Å²) in [5.41, 5.74) is 1.19. The summed E-state index contributed by atoms with van der Waals surface area (Å²) in [5, 5.41) is 6.83. The van der Waals surface area contributed by atoms with E-state index in [-0.39, 0.29) is 0 Å². The second kappa shape index (κ2) is 6.02. The molecule has 2 aliphatic carbocycles. The van der Waals surface area contributed by atoms with Crippen LogP contribution >= 0.6 is 11.3 Å². The van der Waals surface area contributed by atoms with Crippen LogP contribution in [0.3, 0.4) is 0 Å². The second-order valence-electron chi connectivity index (χ2n) is 6.65. The van der Waals surface area contributed by atoms with E-state index in [4.69, 9.17) is 4.98 Å². The van der Waals surface area contributed by atoms with E-state index in [0.29, 0.717) is 6.04 Å². The summed E-state index contributed by atoms with van der Waals surface area (Å²) in [4.78, 5) is 7.20. The van der Waals surface area contributed by atoms with Crippen molar-refractivity contribution < 1.29 is 0 Å². The van der Waals surface area contributed by atoms with E-state index in [0.717, 1.165) is 24.3 Å². The molecule has 0 aromatic carbocycles. The van der Waals surface area contributed by atoms with Crippen molar-refractivity contribution in [2.24, 2.45) is 17.8 Å². The third-order valence-corrected chi connectivity index (χ3v) is 6.16. The number of nitrogens with zero attached hydrogens (tertiary/aromatic N) is 2. The molecule has 20 heavy (non-hydrogen) atoms. The van der Waals surface area contributed by atoms with Crippen molar-refractivity contribution >= 4 is 16.5 Å². The Bertz CT molecular complexity index is 445. The van der Waals surface area contributed by atoms with Crippen LogP contribution in [0.1, 0.15) is 51.3 Å². The van der Waals surface area contributed by atoms with E-state index >= 15 is 0 Å². The highest BCUT2D eigenvalue weighted by Crippen LogP contribution is 2.48. The van der Waals surface area contributed by atoms with Crippen molar-refractivity contribution in [3.63, 3.8) is 0 Å². The maximum atomic E-state index is 4.81. The van der Waals surface area contributed by atoms with E-state index < -0.39 is 0 Å². The van der Waals surface area contributed by atoms with Gasteiger partial charge in [-0.2, -0.15) is 0 Å². The van der Waals surface area contributed by atoms with E-state index in [9.17, 15) is 0 Å². The number of hydrogen-bond donors (Lipinski definition) is 1. The zero-order valence-corrected chi connectivity index (χ0v) is 13.7. The van der Waals surface area contributed by atoms with Crippen LogP contribution in [-0.4, -0.2) is 25.1 Å². The lowest BCUT2D eigenvalue weighted by Gasteiger charge is -2.26. The molecular formula is C16H27N3S. The molecule has 0 radical (unpaired) electrons. The van der Waals surface area contributed by atoms with Crippen LogP contribution in [0.5, 0.6) is 0 Å². The van der Waals surface area contributed by atoms with Gasteiger partial charge in [-0.05, 0) is 50.5 Å². The molecule has 2 aliphatic rings. The summed E-state index contributed by atoms with van der Waals surface area (Å²) in [6.45, 7) is 6.53. The quantitative estimate of drug-likeness (QED) is 0.867. The highest BCUT2D eigenvalue weighted by Gasteiger charge is 2.39. The van der Waals surface area contributed by atoms with Gasteiger partial charge in [0.1, 0.15) is 0 Å². The molecule has 4 atom stereocenters. The molecule has 2 fully saturated rings. The van der Waals surface area contributed by atoms with Crippen molar-refractivity contribution in [3.8, 4) is 0 Å². The highest BCUT2D eigenvalue weighted by atomic mass is 32.1. The average molecular weight is 293 g/mol. The van der Waals surface area contributed by atoms with Gasteiger partial charge in [0.2, 0.25) is 0 Å². The maximum Gasteiger partial charge on any atom is 0.185 e. The number of rotatable bonds is 6. The number of aromatic nitrogens is 1. The van der Waals surface area contributed by atoms with Crippen molar-refractivity contribution in [3.05, 3.63) is 11.1 Å². The normalized spacial score (nSPS) is 29.9. The summed E-state index contributed by atoms with van der Waals surface area (Å²) in [6.07, 6.45) is 5.93. The number of hydrogen-bond acceptors (Lipinski definition) is 4. The third kappa shape index (κ3) is 2.86. The van der Waals surface area contributed by atoms with Gasteiger partial charge in [0.15, 0.2) is 5.13 Å². The molecule has 1 heterocycles. The van der Waals surface area contributed by atoms with E-state index in [1.807, 2.05) is 0 Å². The van der Waals surface area contributed by atoms with Crippen LogP contribution in [0.15, 0.2) is 5.38 Å². The first-order valence-electron chi connectivity index (χ1n) is 8.07. The Labute approximate surface area is 126 Å². The smallest absolute Gasteiger partial charge is 0.185 e. The lowest BCUT2D eigenvalue weighted by Crippen LogP contribution is -2.28. The standard InChI is InChI=1S/C16H27N3S/c1-4-17-11(2)15-10-20-16(18-15)19(3)9-14-8-12-5-6-13(14)7-12/h10-14,17H,4-9H2,1-3H3. The van der Waals surface area contributed by atoms with Gasteiger partial charge >= 0.3 is 0 Å². The monoisotopic (exact) mass is 293 g/mol. The van der Waals surface area contributed by atoms with Gasteiger partial charge in [0.25, 0.3) is 0 Å². The van der Waals surface area contributed by atoms with E-state index in [1.165, 1.54) is 43.1 Å². The Kier molecular flexibility index (Phi) is 4.32. The second-order valence-corrected chi connectivity index (χ2v) is 7.49. The maximum absolute atomic E-state index is 4.81. The number of nitrogens with one attached hydrogen (secondary N) is 1. The SMILES string of the molecule is CCNC(C)c1csc(N(C)CC2CC3CCC2C3)n1. The van der Waals surface area contributed by atoms with Crippen molar-refractivity contribution in [2.45, 2.75) is 45.6 Å². The molecule has 0 aliphatic heterocycles. The molecule has 2 saturated carbocycles. The van der Waals surface area contributed by atoms with Crippen molar-refractivity contribution in [1.29, 1.82) is 0 Å². The lowest BCUT2D eigenvalue weighted by atomic mass is 9.88. The molecule has 3 rings (SSSR count). The van der Waals surface area contributed by atoms with Crippen LogP contribution in [0.4, 0.5) is 5.13 Å². The van der Waals surface area contributed by atoms with Crippen LogP contribution in [0.2, 0.25) is 0 Å². The van der Waals surface area contributed by atoms with Gasteiger partial charge in [-0.1, -0.05) is 13.3 Å². The van der Waals surface area contributed by atoms with Crippen LogP contribution in [-0.2, 0) is 0 Å². The zero-order chi connectivity index (χ0) is 14.1. The molecule has 0 amide bonds. The predicted octanol–water partition coefficient (Wildman–Crippen LogP) is 3.69. The number of thiazole rings is 1. The molecule has 1 aromatic heterocycles. The van der Waals surface area contributed by atoms with Crippen LogP contribution in [0.25, 0.3) is 0 Å². The summed E-state index contributed by atoms with van der Waals surface area (Å²) in [6, 6.07) is 0.362. The van der Waals surface area contributed by atoms with Crippen molar-refractivity contribution in [2.75, 3.05) is 25.0 Å². The topological polar surface area (TPSA) is 28.2 Å². The fourth-order valence-electron chi connectivity index (χ4n) is 4.09. The van der Waals surface area contributed by atoms with E-state index in [2.05, 4.69) is 36.5 Å². The van der Waals surface area contributed by atoms with Gasteiger partial charge in [-0.15, -0.1) is 11.3 Å². The van der Waals surface area contributed by atoms with Gasteiger partial charge < -0.3 is 10.2 Å². The van der Waals surface area contributed by atoms with Gasteiger partial charge in [0.05, 0.1) is 5.69 Å². The Morgan fingerprint density at radius 3 is 2.95 bits per heavy atom. The molecule has 3 nitrogen and oxygen atoms in total. The Hall–Kier alpha value is -0.610. The summed E-state index contributed by atoms with van der Waals surface area (Å²) in [5.74, 6) is 2.96. The number of fused-ring (bicyclic) bond motifs is 2. The van der Waals surface area contributed by atoms with Crippen LogP contribution < -0.4 is 10.2 Å². The minimum atomic E-state index is 0.362. The molecule has 1 aromatic rings. The van der Waals surface area contributed by atoms with Gasteiger partial charge in [-0.25, -0.2) is 4.98 Å². The van der Waals surface area contributed by atoms with Gasteiger partial charge in [0, 0.05) is 25.0 Å². The molecular weight excluding hydrogens is 266 g/mol. The Balaban J connectivity index is 1.58. The predicted molar refractivity (Wildman–Crippen MR) is 86.4 cm³/mol. The highest BCUT2D eigenvalue weighted by molar-refractivity contribution is 7.13. The molecule has 2 bridgehead atoms. The first-order chi connectivity index (χ1) is 9.67. The fraction of sp³-hybridized carbons (Fsp3) is 0.812. The average Bonchev–Trinajstić information content (AvgIpc) is 3.15. The third-order valence-electron chi connectivity index (χ3n) is 5.18. The van der Waals surface area contributed by atoms with Gasteiger partial charge in [-0.3, -0.25) is 0 Å². The summed E-state index contributed by atoms with van der Waals surface area (Å²) >= 11 is 1.79. The van der Waals surface area contributed by atoms with E-state index in [1.54, 1.807) is 11.3 Å². The Morgan fingerprint density at radius 2 is 2.30 bits per heavy atom. The minimum absolute atomic E-state index is 0.362. The zero-order valence-electron chi connectivity index (χ0n) is 12.9. The molecule has 112 valence electrons. The fourth-order valence-corrected chi connectivity index (χ4v) is 4.99. The first kappa shape index (κ1) is 14.3. The molecule has 4 heteroatoms. The Morgan fingerprint density at radius 1 is 1.45 bits per heavy atom. The molecule has 0 saturated heterocycles. The summed E-state index contributed by atoms with van der Waals surface area (Å²) < 4.78 is 0. The molecule has 1 N–H and O–H groups in total. The molecule has 0 spiro atoms.